The number of carbonyl (C=O) groups excluding carboxylic acids is 1. The zero-order chi connectivity index (χ0) is 21.0. The van der Waals surface area contributed by atoms with Gasteiger partial charge in [0, 0.05) is 44.0 Å². The molecule has 6 nitrogen and oxygen atoms in total. The van der Waals surface area contributed by atoms with Crippen LogP contribution in [0.5, 0.6) is 0 Å². The van der Waals surface area contributed by atoms with Gasteiger partial charge in [0.15, 0.2) is 0 Å². The lowest BCUT2D eigenvalue weighted by molar-refractivity contribution is -0.145. The van der Waals surface area contributed by atoms with E-state index in [0.717, 1.165) is 22.6 Å². The summed E-state index contributed by atoms with van der Waals surface area (Å²) in [6.45, 7) is 4.53. The Bertz CT molecular complexity index is 835. The summed E-state index contributed by atoms with van der Waals surface area (Å²) >= 11 is 0. The molecule has 0 radical (unpaired) electrons. The van der Waals surface area contributed by atoms with Gasteiger partial charge in [-0.3, -0.25) is 4.90 Å². The van der Waals surface area contributed by atoms with Crippen LogP contribution in [-0.4, -0.2) is 64.5 Å². The second-order valence-corrected chi connectivity index (χ2v) is 7.29. The summed E-state index contributed by atoms with van der Waals surface area (Å²) in [4.78, 5) is 15.5. The highest BCUT2D eigenvalue weighted by Crippen LogP contribution is 2.19. The molecule has 0 bridgehead atoms. The second-order valence-electron chi connectivity index (χ2n) is 7.29. The number of aryl methyl sites for hydroxylation is 1. The van der Waals surface area contributed by atoms with E-state index in [9.17, 15) is 18.0 Å². The fraction of sp³-hybridized carbons (Fsp3) is 0.500. The maximum absolute atomic E-state index is 12.6. The molecule has 3 rings (SSSR count). The number of halogens is 3. The zero-order valence-corrected chi connectivity index (χ0v) is 16.7. The van der Waals surface area contributed by atoms with Gasteiger partial charge in [-0.25, -0.2) is 9.48 Å². The predicted molar refractivity (Wildman–Crippen MR) is 104 cm³/mol. The molecular weight excluding hydrogens is 383 g/mol. The predicted octanol–water partition coefficient (Wildman–Crippen LogP) is 3.27. The van der Waals surface area contributed by atoms with Crippen LogP contribution in [0.15, 0.2) is 30.3 Å². The van der Waals surface area contributed by atoms with Gasteiger partial charge in [0.05, 0.1) is 17.9 Å². The first-order chi connectivity index (χ1) is 13.7. The van der Waals surface area contributed by atoms with Crippen molar-refractivity contribution in [1.29, 1.82) is 0 Å². The van der Waals surface area contributed by atoms with Crippen LogP contribution < -0.4 is 5.32 Å². The maximum Gasteiger partial charge on any atom is 0.401 e. The Balaban J connectivity index is 1.59. The minimum absolute atomic E-state index is 0.219. The molecule has 1 saturated heterocycles. The van der Waals surface area contributed by atoms with Crippen molar-refractivity contribution in [1.82, 2.24) is 24.9 Å². The summed E-state index contributed by atoms with van der Waals surface area (Å²) < 4.78 is 39.6. The Kier molecular flexibility index (Phi) is 6.46. The van der Waals surface area contributed by atoms with Gasteiger partial charge in [-0.2, -0.15) is 18.3 Å². The number of hydrogen-bond acceptors (Lipinski definition) is 3. The molecule has 1 aliphatic rings. The number of nitrogens with one attached hydrogen (secondary N) is 1. The van der Waals surface area contributed by atoms with Gasteiger partial charge in [0.1, 0.15) is 0 Å². The molecule has 2 heterocycles. The second kappa shape index (κ2) is 8.86. The molecule has 1 N–H and O–H groups in total. The van der Waals surface area contributed by atoms with E-state index < -0.39 is 12.7 Å². The van der Waals surface area contributed by atoms with Gasteiger partial charge in [0.2, 0.25) is 0 Å². The third-order valence-electron chi connectivity index (χ3n) is 5.14. The van der Waals surface area contributed by atoms with Crippen LogP contribution in [0, 0.1) is 13.8 Å². The van der Waals surface area contributed by atoms with Crippen LogP contribution in [0.4, 0.5) is 18.0 Å². The largest absolute Gasteiger partial charge is 0.401 e. The summed E-state index contributed by atoms with van der Waals surface area (Å²) in [5.41, 5.74) is 3.67. The van der Waals surface area contributed by atoms with Crippen LogP contribution in [-0.2, 0) is 6.54 Å². The van der Waals surface area contributed by atoms with E-state index in [4.69, 9.17) is 0 Å². The smallest absolute Gasteiger partial charge is 0.334 e. The summed E-state index contributed by atoms with van der Waals surface area (Å²) in [7, 11) is 0. The molecule has 2 amide bonds. The van der Waals surface area contributed by atoms with E-state index in [-0.39, 0.29) is 19.1 Å². The monoisotopic (exact) mass is 409 g/mol. The molecule has 9 heteroatoms. The Morgan fingerprint density at radius 1 is 1.10 bits per heavy atom. The van der Waals surface area contributed by atoms with E-state index in [1.807, 2.05) is 48.9 Å². The van der Waals surface area contributed by atoms with E-state index in [1.165, 1.54) is 4.90 Å². The number of rotatable bonds is 4. The van der Waals surface area contributed by atoms with Crippen LogP contribution in [0.25, 0.3) is 5.69 Å². The molecular formula is C20H26F3N5O. The highest BCUT2D eigenvalue weighted by atomic mass is 19.4. The van der Waals surface area contributed by atoms with E-state index >= 15 is 0 Å². The summed E-state index contributed by atoms with van der Waals surface area (Å²) in [5.74, 6) is 0. The fourth-order valence-electron chi connectivity index (χ4n) is 3.61. The molecule has 158 valence electrons. The molecule has 1 aromatic heterocycles. The average molecular weight is 409 g/mol. The first-order valence-electron chi connectivity index (χ1n) is 9.67. The number of nitrogens with zero attached hydrogens (tertiary/aromatic N) is 4. The van der Waals surface area contributed by atoms with Crippen molar-refractivity contribution in [3.05, 3.63) is 47.3 Å². The molecule has 0 atom stereocenters. The number of aromatic nitrogens is 2. The molecule has 2 aromatic rings. The van der Waals surface area contributed by atoms with E-state index in [2.05, 4.69) is 10.4 Å². The van der Waals surface area contributed by atoms with Crippen molar-refractivity contribution in [2.24, 2.45) is 0 Å². The van der Waals surface area contributed by atoms with Gasteiger partial charge < -0.3 is 10.2 Å². The number of hydrogen-bond donors (Lipinski definition) is 1. The Labute approximate surface area is 168 Å². The maximum atomic E-state index is 12.6. The van der Waals surface area contributed by atoms with Gasteiger partial charge in [-0.05, 0) is 32.4 Å². The summed E-state index contributed by atoms with van der Waals surface area (Å²) in [6.07, 6.45) is -3.70. The highest BCUT2D eigenvalue weighted by molar-refractivity contribution is 5.74. The lowest BCUT2D eigenvalue weighted by Gasteiger charge is -2.23. The lowest BCUT2D eigenvalue weighted by Crippen LogP contribution is -2.42. The number of para-hydroxylation sites is 1. The van der Waals surface area contributed by atoms with Crippen molar-refractivity contribution in [2.45, 2.75) is 33.0 Å². The Hall–Kier alpha value is -2.55. The topological polar surface area (TPSA) is 53.4 Å². The fourth-order valence-corrected chi connectivity index (χ4v) is 3.61. The third-order valence-corrected chi connectivity index (χ3v) is 5.14. The van der Waals surface area contributed by atoms with E-state index in [1.54, 1.807) is 4.90 Å². The SMILES string of the molecule is Cc1nn(-c2ccccc2)c(C)c1CNC(=O)N1CCCN(CC(F)(F)F)CC1. The molecule has 1 aliphatic heterocycles. The quantitative estimate of drug-likeness (QED) is 0.843. The van der Waals surface area contributed by atoms with E-state index in [0.29, 0.717) is 26.1 Å². The minimum Gasteiger partial charge on any atom is -0.334 e. The van der Waals surface area contributed by atoms with Gasteiger partial charge in [0.25, 0.3) is 0 Å². The molecule has 29 heavy (non-hydrogen) atoms. The molecule has 0 aliphatic carbocycles. The van der Waals surface area contributed by atoms with Crippen LogP contribution in [0.1, 0.15) is 23.4 Å². The molecule has 1 fully saturated rings. The third kappa shape index (κ3) is 5.50. The van der Waals surface area contributed by atoms with Crippen LogP contribution in [0.3, 0.4) is 0 Å². The molecule has 1 aromatic carbocycles. The first kappa shape index (κ1) is 21.2. The Morgan fingerprint density at radius 3 is 2.52 bits per heavy atom. The van der Waals surface area contributed by atoms with Crippen LogP contribution >= 0.6 is 0 Å². The first-order valence-corrected chi connectivity index (χ1v) is 9.67. The number of carbonyl (C=O) groups is 1. The summed E-state index contributed by atoms with van der Waals surface area (Å²) in [5, 5.41) is 7.47. The van der Waals surface area contributed by atoms with Gasteiger partial charge >= 0.3 is 12.2 Å². The normalized spacial score (nSPS) is 16.0. The molecule has 0 unspecified atom stereocenters. The number of urea groups is 1. The average Bonchev–Trinajstić information content (AvgIpc) is 2.82. The number of amides is 2. The van der Waals surface area contributed by atoms with Crippen LogP contribution in [0.2, 0.25) is 0 Å². The van der Waals surface area contributed by atoms with Crippen molar-refractivity contribution < 1.29 is 18.0 Å². The summed E-state index contributed by atoms with van der Waals surface area (Å²) in [6, 6.07) is 9.49. The number of alkyl halides is 3. The lowest BCUT2D eigenvalue weighted by atomic mass is 10.2. The van der Waals surface area contributed by atoms with Gasteiger partial charge in [-0.15, -0.1) is 0 Å². The number of benzene rings is 1. The van der Waals surface area contributed by atoms with Crippen molar-refractivity contribution in [2.75, 3.05) is 32.7 Å². The standard InChI is InChI=1S/C20H26F3N5O/c1-15-18(16(2)28(25-15)17-7-4-3-5-8-17)13-24-19(29)27-10-6-9-26(11-12-27)14-20(21,22)23/h3-5,7-8H,6,9-14H2,1-2H3,(H,24,29). The minimum atomic E-state index is -4.22. The van der Waals surface area contributed by atoms with Crippen molar-refractivity contribution in [3.8, 4) is 5.69 Å². The Morgan fingerprint density at radius 2 is 1.83 bits per heavy atom. The molecule has 0 spiro atoms. The van der Waals surface area contributed by atoms with Gasteiger partial charge in [-0.1, -0.05) is 18.2 Å². The van der Waals surface area contributed by atoms with Crippen molar-refractivity contribution >= 4 is 6.03 Å². The van der Waals surface area contributed by atoms with Crippen molar-refractivity contribution in [3.63, 3.8) is 0 Å². The highest BCUT2D eigenvalue weighted by Gasteiger charge is 2.31. The zero-order valence-electron chi connectivity index (χ0n) is 16.7. The molecule has 0 saturated carbocycles.